The molecule has 0 radical (unpaired) electrons. The molecule has 0 fully saturated rings. The molecule has 0 bridgehead atoms. The summed E-state index contributed by atoms with van der Waals surface area (Å²) in [6, 6.07) is 0. The monoisotopic (exact) mass is 566 g/mol. The zero-order valence-corrected chi connectivity index (χ0v) is 15.6. The van der Waals surface area contributed by atoms with Crippen molar-refractivity contribution >= 4 is 31.8 Å². The number of alkyl halides is 18. The van der Waals surface area contributed by atoms with Crippen molar-refractivity contribution in [1.29, 1.82) is 0 Å². The molecule has 31 heavy (non-hydrogen) atoms. The molecular weight excluding hydrogens is 566 g/mol. The maximum absolute atomic E-state index is 12.4. The second-order valence-corrected chi connectivity index (χ2v) is 9.74. The highest BCUT2D eigenvalue weighted by atomic mass is 31.1. The van der Waals surface area contributed by atoms with Gasteiger partial charge in [-0.05, 0) is 0 Å². The summed E-state index contributed by atoms with van der Waals surface area (Å²) in [5.41, 5.74) is 0. The molecule has 0 atom stereocenters. The van der Waals surface area contributed by atoms with Gasteiger partial charge < -0.3 is 13.3 Å². The van der Waals surface area contributed by atoms with Gasteiger partial charge in [0.2, 0.25) is 24.4 Å². The predicted octanol–water partition coefficient (Wildman–Crippen LogP) is 8.33. The van der Waals surface area contributed by atoms with Gasteiger partial charge in [0.15, 0.2) is 0 Å². The Kier molecular flexibility index (Phi) is 9.68. The van der Waals surface area contributed by atoms with E-state index in [1.54, 1.807) is 0 Å². The van der Waals surface area contributed by atoms with Crippen LogP contribution in [-0.4, -0.2) is 42.8 Å². The van der Waals surface area contributed by atoms with E-state index in [1.165, 1.54) is 0 Å². The lowest BCUT2D eigenvalue weighted by atomic mass is 10.3. The highest BCUT2D eigenvalue weighted by Gasteiger charge is 2.67. The Bertz CT molecular complexity index is 452. The van der Waals surface area contributed by atoms with Crippen molar-refractivity contribution < 1.29 is 92.4 Å². The van der Waals surface area contributed by atoms with Crippen LogP contribution in [0.4, 0.5) is 79.0 Å². The standard InChI is InChI=1S/C6BF18O3P3/c8-1(9,10)29(2(11,12)13)26-7(27-30(3(14,15)16)4(17,18)19)28-31(5(20,21)22)6(23,24)25. The molecule has 3 nitrogen and oxygen atoms in total. The van der Waals surface area contributed by atoms with Crippen LogP contribution in [0.25, 0.3) is 0 Å². The molecule has 0 saturated carbocycles. The number of rotatable bonds is 6. The van der Waals surface area contributed by atoms with E-state index in [0.717, 1.165) is 0 Å². The second-order valence-electron chi connectivity index (χ2n) is 4.30. The van der Waals surface area contributed by atoms with E-state index in [4.69, 9.17) is 0 Å². The summed E-state index contributed by atoms with van der Waals surface area (Å²) in [6.07, 6.45) is 0. The Morgan fingerprint density at radius 1 is 0.323 bits per heavy atom. The van der Waals surface area contributed by atoms with Crippen LogP contribution in [0.3, 0.4) is 0 Å². The fraction of sp³-hybridized carbons (Fsp3) is 1.00. The van der Waals surface area contributed by atoms with Crippen LogP contribution in [0.15, 0.2) is 0 Å². The highest BCUT2D eigenvalue weighted by Crippen LogP contribution is 2.71. The van der Waals surface area contributed by atoms with Crippen molar-refractivity contribution in [2.75, 3.05) is 0 Å². The number of hydrogen-bond donors (Lipinski definition) is 0. The van der Waals surface area contributed by atoms with Crippen molar-refractivity contribution in [2.45, 2.75) is 35.5 Å². The molecule has 0 aromatic carbocycles. The van der Waals surface area contributed by atoms with Gasteiger partial charge in [-0.15, -0.1) is 0 Å². The third-order valence-corrected chi connectivity index (χ3v) is 5.87. The summed E-state index contributed by atoms with van der Waals surface area (Å²) >= 11 is 0. The summed E-state index contributed by atoms with van der Waals surface area (Å²) in [4.78, 5) is 0. The molecule has 0 spiro atoms. The molecule has 0 saturated heterocycles. The van der Waals surface area contributed by atoms with Crippen LogP contribution < -0.4 is 0 Å². The molecule has 0 amide bonds. The summed E-state index contributed by atoms with van der Waals surface area (Å²) < 4.78 is 231. The van der Waals surface area contributed by atoms with Crippen LogP contribution in [0.2, 0.25) is 0 Å². The first-order valence-corrected chi connectivity index (χ1v) is 9.78. The van der Waals surface area contributed by atoms with Crippen LogP contribution in [0.5, 0.6) is 0 Å². The third kappa shape index (κ3) is 10.2. The van der Waals surface area contributed by atoms with Crippen LogP contribution in [0.1, 0.15) is 0 Å². The Hall–Kier alpha value is -0.0251. The molecule has 186 valence electrons. The van der Waals surface area contributed by atoms with Gasteiger partial charge in [-0.3, -0.25) is 0 Å². The fourth-order valence-corrected chi connectivity index (χ4v) is 3.66. The molecule has 0 unspecified atom stereocenters. The summed E-state index contributed by atoms with van der Waals surface area (Å²) in [6.45, 7) is 0. The Morgan fingerprint density at radius 2 is 0.452 bits per heavy atom. The highest BCUT2D eigenvalue weighted by molar-refractivity contribution is 7.59. The maximum atomic E-state index is 12.4. The minimum absolute atomic E-state index is 2.62. The minimum atomic E-state index is -6.73. The Balaban J connectivity index is 6.36. The predicted molar refractivity (Wildman–Crippen MR) is 66.1 cm³/mol. The molecule has 0 aromatic heterocycles. The average Bonchev–Trinajstić information content (AvgIpc) is 2.37. The SMILES string of the molecule is FC(F)(F)P(OB(OP(C(F)(F)F)C(F)(F)F)OP(C(F)(F)F)C(F)(F)F)C(F)(F)F. The normalized spacial score (nSPS) is 15.4. The zero-order valence-electron chi connectivity index (χ0n) is 12.9. The van der Waals surface area contributed by atoms with Crippen molar-refractivity contribution in [3.05, 3.63) is 0 Å². The summed E-state index contributed by atoms with van der Waals surface area (Å²) in [7, 11) is -23.8. The summed E-state index contributed by atoms with van der Waals surface area (Å²) in [5, 5.41) is 0. The van der Waals surface area contributed by atoms with Crippen LogP contribution in [0, 0.1) is 0 Å². The fourth-order valence-electron chi connectivity index (χ4n) is 1.11. The van der Waals surface area contributed by atoms with Gasteiger partial charge in [0.05, 0.1) is 0 Å². The van der Waals surface area contributed by atoms with Gasteiger partial charge >= 0.3 is 42.8 Å². The van der Waals surface area contributed by atoms with E-state index in [1.807, 2.05) is 0 Å². The smallest absolute Gasteiger partial charge is 0.348 e. The van der Waals surface area contributed by atoms with E-state index in [9.17, 15) is 79.0 Å². The van der Waals surface area contributed by atoms with E-state index in [2.05, 4.69) is 13.3 Å². The first kappa shape index (κ1) is 31.0. The van der Waals surface area contributed by atoms with E-state index in [-0.39, 0.29) is 0 Å². The molecular formula is C6BF18O3P3. The van der Waals surface area contributed by atoms with Gasteiger partial charge in [0.25, 0.3) is 0 Å². The topological polar surface area (TPSA) is 27.7 Å². The number of hydrogen-bond acceptors (Lipinski definition) is 3. The van der Waals surface area contributed by atoms with Crippen molar-refractivity contribution in [3.8, 4) is 0 Å². The second kappa shape index (κ2) is 9.68. The lowest BCUT2D eigenvalue weighted by molar-refractivity contribution is -0.0997. The molecule has 0 aliphatic rings. The average molecular weight is 566 g/mol. The maximum Gasteiger partial charge on any atom is 0.650 e. The van der Waals surface area contributed by atoms with Gasteiger partial charge in [-0.1, -0.05) is 0 Å². The van der Waals surface area contributed by atoms with Crippen molar-refractivity contribution in [3.63, 3.8) is 0 Å². The van der Waals surface area contributed by atoms with E-state index in [0.29, 0.717) is 0 Å². The van der Waals surface area contributed by atoms with Crippen molar-refractivity contribution in [1.82, 2.24) is 0 Å². The van der Waals surface area contributed by atoms with Crippen molar-refractivity contribution in [2.24, 2.45) is 0 Å². The molecule has 25 heteroatoms. The molecule has 0 N–H and O–H groups in total. The van der Waals surface area contributed by atoms with Gasteiger partial charge in [-0.25, -0.2) is 0 Å². The first-order valence-electron chi connectivity index (χ1n) is 6.00. The largest absolute Gasteiger partial charge is 0.650 e. The molecule has 0 rings (SSSR count). The molecule has 0 heterocycles. The lowest BCUT2D eigenvalue weighted by Crippen LogP contribution is -2.35. The molecule has 0 aliphatic heterocycles. The van der Waals surface area contributed by atoms with Gasteiger partial charge in [0, 0.05) is 0 Å². The number of halogens is 18. The van der Waals surface area contributed by atoms with Gasteiger partial charge in [0.1, 0.15) is 0 Å². The van der Waals surface area contributed by atoms with Crippen LogP contribution in [-0.2, 0) is 13.3 Å². The zero-order chi connectivity index (χ0) is 25.4. The first-order chi connectivity index (χ1) is 13.2. The Morgan fingerprint density at radius 3 is 0.548 bits per heavy atom. The summed E-state index contributed by atoms with van der Waals surface area (Å²) in [5.74, 6) is -40.4. The lowest BCUT2D eigenvalue weighted by Gasteiger charge is -2.30. The van der Waals surface area contributed by atoms with E-state index < -0.39 is 67.3 Å². The van der Waals surface area contributed by atoms with Gasteiger partial charge in [-0.2, -0.15) is 79.0 Å². The third-order valence-electron chi connectivity index (χ3n) is 1.96. The van der Waals surface area contributed by atoms with Crippen LogP contribution >= 0.6 is 24.4 Å². The molecule has 0 aromatic rings. The van der Waals surface area contributed by atoms with E-state index >= 15 is 0 Å². The minimum Gasteiger partial charge on any atom is -0.348 e. The molecule has 0 aliphatic carbocycles. The Labute approximate surface area is 161 Å². The quantitative estimate of drug-likeness (QED) is 0.184.